The van der Waals surface area contributed by atoms with Crippen molar-refractivity contribution in [3.8, 4) is 5.75 Å². The van der Waals surface area contributed by atoms with Gasteiger partial charge in [-0.25, -0.2) is 0 Å². The number of aryl methyl sites for hydroxylation is 1. The van der Waals surface area contributed by atoms with Crippen molar-refractivity contribution in [2.24, 2.45) is 0 Å². The zero-order valence-corrected chi connectivity index (χ0v) is 17.4. The Labute approximate surface area is 170 Å². The van der Waals surface area contributed by atoms with Gasteiger partial charge in [-0.15, -0.1) is 0 Å². The minimum Gasteiger partial charge on any atom is -0.507 e. The van der Waals surface area contributed by atoms with E-state index in [0.29, 0.717) is 34.0 Å². The zero-order valence-electron chi connectivity index (χ0n) is 16.6. The van der Waals surface area contributed by atoms with E-state index in [1.807, 2.05) is 0 Å². The predicted molar refractivity (Wildman–Crippen MR) is 112 cm³/mol. The van der Waals surface area contributed by atoms with Crippen LogP contribution < -0.4 is 4.90 Å². The van der Waals surface area contributed by atoms with Crippen LogP contribution in [0.1, 0.15) is 53.9 Å². The number of phenols is 1. The molecule has 28 heavy (non-hydrogen) atoms. The number of phenolic OH excluding ortho intramolecular Hbond substituents is 1. The van der Waals surface area contributed by atoms with Gasteiger partial charge in [0.15, 0.2) is 5.78 Å². The van der Waals surface area contributed by atoms with E-state index in [9.17, 15) is 9.90 Å². The summed E-state index contributed by atoms with van der Waals surface area (Å²) in [5.41, 5.74) is 2.49. The van der Waals surface area contributed by atoms with Crippen molar-refractivity contribution in [3.05, 3.63) is 63.9 Å². The van der Waals surface area contributed by atoms with Crippen LogP contribution >= 0.6 is 11.6 Å². The van der Waals surface area contributed by atoms with Gasteiger partial charge < -0.3 is 14.4 Å². The van der Waals surface area contributed by atoms with Crippen LogP contribution in [-0.2, 0) is 6.54 Å². The zero-order chi connectivity index (χ0) is 20.3. The molecule has 3 aromatic rings. The van der Waals surface area contributed by atoms with E-state index in [1.165, 1.54) is 4.90 Å². The second kappa shape index (κ2) is 8.80. The van der Waals surface area contributed by atoms with Crippen LogP contribution in [0.5, 0.6) is 5.75 Å². The van der Waals surface area contributed by atoms with Crippen LogP contribution in [0, 0.1) is 6.92 Å². The lowest BCUT2D eigenvalue weighted by Gasteiger charge is -2.19. The third-order valence-corrected chi connectivity index (χ3v) is 5.33. The number of carbonyl (C=O) groups is 1. The molecule has 0 fully saturated rings. The van der Waals surface area contributed by atoms with Crippen molar-refractivity contribution >= 4 is 28.4 Å². The summed E-state index contributed by atoms with van der Waals surface area (Å²) in [5, 5.41) is 11.9. The molecule has 1 heterocycles. The van der Waals surface area contributed by atoms with Gasteiger partial charge in [-0.3, -0.25) is 4.79 Å². The van der Waals surface area contributed by atoms with Crippen LogP contribution in [-0.4, -0.2) is 24.0 Å². The molecule has 2 aromatic carbocycles. The topological polar surface area (TPSA) is 54.9 Å². The van der Waals surface area contributed by atoms with Gasteiger partial charge in [0, 0.05) is 16.0 Å². The van der Waals surface area contributed by atoms with Crippen molar-refractivity contribution in [2.75, 3.05) is 13.1 Å². The van der Waals surface area contributed by atoms with Gasteiger partial charge in [-0.1, -0.05) is 25.4 Å². The highest BCUT2D eigenvalue weighted by molar-refractivity contribution is 6.30. The summed E-state index contributed by atoms with van der Waals surface area (Å²) in [6.45, 7) is 8.81. The molecule has 5 heteroatoms. The Morgan fingerprint density at radius 1 is 1.07 bits per heavy atom. The smallest absolute Gasteiger partial charge is 0.197 e. The number of ketones is 1. The average molecular weight is 401 g/mol. The second-order valence-electron chi connectivity index (χ2n) is 7.23. The highest BCUT2D eigenvalue weighted by Crippen LogP contribution is 2.34. The number of halogens is 1. The Morgan fingerprint density at radius 3 is 2.32 bits per heavy atom. The maximum Gasteiger partial charge on any atom is 0.197 e. The molecule has 0 saturated carbocycles. The minimum absolute atomic E-state index is 0.118. The van der Waals surface area contributed by atoms with Gasteiger partial charge in [0.05, 0.1) is 24.2 Å². The number of nitrogens with one attached hydrogen (secondary N) is 1. The fourth-order valence-corrected chi connectivity index (χ4v) is 3.95. The van der Waals surface area contributed by atoms with Gasteiger partial charge in [0.2, 0.25) is 0 Å². The van der Waals surface area contributed by atoms with Crippen LogP contribution in [0.15, 0.2) is 40.8 Å². The van der Waals surface area contributed by atoms with E-state index in [1.54, 1.807) is 43.3 Å². The molecule has 2 N–H and O–H groups in total. The fourth-order valence-electron chi connectivity index (χ4n) is 3.82. The van der Waals surface area contributed by atoms with Gasteiger partial charge >= 0.3 is 0 Å². The first-order valence-electron chi connectivity index (χ1n) is 9.84. The Kier molecular flexibility index (Phi) is 6.42. The van der Waals surface area contributed by atoms with Crippen LogP contribution in [0.25, 0.3) is 11.0 Å². The summed E-state index contributed by atoms with van der Waals surface area (Å²) >= 11 is 5.96. The molecule has 0 unspecified atom stereocenters. The molecule has 0 aliphatic rings. The van der Waals surface area contributed by atoms with Crippen LogP contribution in [0.3, 0.4) is 0 Å². The standard InChI is InChI=1S/C23H26ClNO3/c1-4-12-25(13-5-2)14-18-19(26)10-11-20-22(18)21(15(3)28-20)23(27)16-6-8-17(24)9-7-16/h6-11,26H,4-5,12-14H2,1-3H3/p+1. The van der Waals surface area contributed by atoms with E-state index in [0.717, 1.165) is 36.9 Å². The summed E-state index contributed by atoms with van der Waals surface area (Å²) in [4.78, 5) is 14.6. The Hall–Kier alpha value is -2.30. The number of quaternary nitrogens is 1. The highest BCUT2D eigenvalue weighted by atomic mass is 35.5. The normalized spacial score (nSPS) is 11.5. The minimum atomic E-state index is -0.118. The summed E-state index contributed by atoms with van der Waals surface area (Å²) in [6, 6.07) is 10.2. The predicted octanol–water partition coefficient (Wildman–Crippen LogP) is 4.54. The van der Waals surface area contributed by atoms with Crippen LogP contribution in [0.4, 0.5) is 0 Å². The quantitative estimate of drug-likeness (QED) is 0.546. The summed E-state index contributed by atoms with van der Waals surface area (Å²) in [6.07, 6.45) is 2.13. The summed E-state index contributed by atoms with van der Waals surface area (Å²) in [7, 11) is 0. The van der Waals surface area contributed by atoms with E-state index in [-0.39, 0.29) is 11.5 Å². The molecule has 0 bridgehead atoms. The van der Waals surface area contributed by atoms with Crippen molar-refractivity contribution in [1.29, 1.82) is 0 Å². The molecule has 0 amide bonds. The molecular formula is C23H27ClNO3+. The number of hydrogen-bond acceptors (Lipinski definition) is 3. The van der Waals surface area contributed by atoms with Crippen molar-refractivity contribution in [2.45, 2.75) is 40.2 Å². The van der Waals surface area contributed by atoms with Gasteiger partial charge in [0.25, 0.3) is 0 Å². The Morgan fingerprint density at radius 2 is 1.71 bits per heavy atom. The molecule has 0 aliphatic heterocycles. The van der Waals surface area contributed by atoms with Crippen molar-refractivity contribution in [3.63, 3.8) is 0 Å². The SMILES string of the molecule is CCC[NH+](CCC)Cc1c(O)ccc2oc(C)c(C(=O)c3ccc(Cl)cc3)c12. The fraction of sp³-hybridized carbons (Fsp3) is 0.348. The Balaban J connectivity index is 2.13. The lowest BCUT2D eigenvalue weighted by Crippen LogP contribution is -3.10. The molecule has 0 radical (unpaired) electrons. The lowest BCUT2D eigenvalue weighted by molar-refractivity contribution is -0.913. The van der Waals surface area contributed by atoms with Crippen molar-refractivity contribution in [1.82, 2.24) is 0 Å². The number of rotatable bonds is 8. The Bertz CT molecular complexity index is 970. The number of furan rings is 1. The largest absolute Gasteiger partial charge is 0.507 e. The van der Waals surface area contributed by atoms with Crippen LogP contribution in [0.2, 0.25) is 5.02 Å². The van der Waals surface area contributed by atoms with E-state index in [2.05, 4.69) is 13.8 Å². The average Bonchev–Trinajstić information content (AvgIpc) is 3.00. The number of benzene rings is 2. The number of hydrogen-bond donors (Lipinski definition) is 2. The van der Waals surface area contributed by atoms with E-state index in [4.69, 9.17) is 16.0 Å². The van der Waals surface area contributed by atoms with Crippen molar-refractivity contribution < 1.29 is 19.2 Å². The first kappa shape index (κ1) is 20.4. The maximum absolute atomic E-state index is 13.3. The summed E-state index contributed by atoms with van der Waals surface area (Å²) < 4.78 is 5.90. The highest BCUT2D eigenvalue weighted by Gasteiger charge is 2.25. The van der Waals surface area contributed by atoms with Gasteiger partial charge in [-0.2, -0.15) is 0 Å². The number of fused-ring (bicyclic) bond motifs is 1. The molecule has 0 aliphatic carbocycles. The second-order valence-corrected chi connectivity index (χ2v) is 7.67. The van der Waals surface area contributed by atoms with Gasteiger partial charge in [-0.05, 0) is 56.2 Å². The summed E-state index contributed by atoms with van der Waals surface area (Å²) in [5.74, 6) is 0.657. The van der Waals surface area contributed by atoms with E-state index < -0.39 is 0 Å². The van der Waals surface area contributed by atoms with E-state index >= 15 is 0 Å². The first-order chi connectivity index (χ1) is 13.5. The maximum atomic E-state index is 13.3. The molecule has 0 atom stereocenters. The third kappa shape index (κ3) is 4.08. The molecule has 0 spiro atoms. The molecule has 148 valence electrons. The molecular weight excluding hydrogens is 374 g/mol. The molecule has 0 saturated heterocycles. The first-order valence-corrected chi connectivity index (χ1v) is 10.2. The third-order valence-electron chi connectivity index (χ3n) is 5.08. The molecule has 3 rings (SSSR count). The van der Waals surface area contributed by atoms with Gasteiger partial charge in [0.1, 0.15) is 23.6 Å². The number of aromatic hydroxyl groups is 1. The molecule has 1 aromatic heterocycles. The number of carbonyl (C=O) groups excluding carboxylic acids is 1. The lowest BCUT2D eigenvalue weighted by atomic mass is 9.96. The monoisotopic (exact) mass is 400 g/mol. The molecule has 4 nitrogen and oxygen atoms in total.